The van der Waals surface area contributed by atoms with Gasteiger partial charge >= 0.3 is 13.8 Å². The zero-order valence-electron chi connectivity index (χ0n) is 41.2. The quantitative estimate of drug-likeness (QED) is 0.0238. The van der Waals surface area contributed by atoms with Crippen molar-refractivity contribution in [2.75, 3.05) is 26.4 Å². The van der Waals surface area contributed by atoms with Crippen LogP contribution < -0.4 is 5.32 Å². The fourth-order valence-corrected chi connectivity index (χ4v) is 8.05. The van der Waals surface area contributed by atoms with Gasteiger partial charge in [-0.3, -0.25) is 18.6 Å². The van der Waals surface area contributed by atoms with E-state index in [1.54, 1.807) is 0 Å². The summed E-state index contributed by atoms with van der Waals surface area (Å²) >= 11 is 0. The van der Waals surface area contributed by atoms with Crippen molar-refractivity contribution in [1.29, 1.82) is 0 Å². The van der Waals surface area contributed by atoms with E-state index in [-0.39, 0.29) is 32.1 Å². The highest BCUT2D eigenvalue weighted by molar-refractivity contribution is 7.47. The summed E-state index contributed by atoms with van der Waals surface area (Å²) in [7, 11) is -4.43. The first-order valence-corrected chi connectivity index (χ1v) is 27.8. The van der Waals surface area contributed by atoms with Crippen LogP contribution in [0.15, 0.2) is 60.8 Å². The Morgan fingerprint density at radius 2 is 0.891 bits per heavy atom. The average molecular weight is 920 g/mol. The van der Waals surface area contributed by atoms with E-state index in [0.29, 0.717) is 6.42 Å². The molecule has 0 fully saturated rings. The third-order valence-electron chi connectivity index (χ3n) is 11.2. The number of phosphoric ester groups is 1. The van der Waals surface area contributed by atoms with Crippen LogP contribution in [0.25, 0.3) is 0 Å². The van der Waals surface area contributed by atoms with Gasteiger partial charge in [-0.15, -0.1) is 0 Å². The minimum Gasteiger partial charge on any atom is -0.463 e. The van der Waals surface area contributed by atoms with Gasteiger partial charge < -0.3 is 20.1 Å². The number of ether oxygens (including phenoxy) is 1. The summed E-state index contributed by atoms with van der Waals surface area (Å²) in [6.45, 7) is 3.45. The first kappa shape index (κ1) is 61.7. The molecule has 0 aliphatic rings. The van der Waals surface area contributed by atoms with Gasteiger partial charge in [0, 0.05) is 19.4 Å². The van der Waals surface area contributed by atoms with Crippen LogP contribution in [0.1, 0.15) is 239 Å². The van der Waals surface area contributed by atoms with E-state index < -0.39 is 26.5 Å². The molecule has 0 heterocycles. The fraction of sp³-hybridized carbons (Fsp3) is 0.778. The minimum absolute atomic E-state index is 0.0692. The molecule has 0 radical (unpaired) electrons. The first-order chi connectivity index (χ1) is 31.3. The second-order valence-electron chi connectivity index (χ2n) is 17.5. The van der Waals surface area contributed by atoms with Crippen LogP contribution in [0.2, 0.25) is 0 Å². The molecule has 3 N–H and O–H groups in total. The number of hydrogen-bond acceptors (Lipinski definition) is 7. The topological polar surface area (TPSA) is 131 Å². The molecule has 0 saturated carbocycles. The van der Waals surface area contributed by atoms with Crippen LogP contribution in [0, 0.1) is 0 Å². The van der Waals surface area contributed by atoms with Crippen LogP contribution in [0.4, 0.5) is 0 Å². The summed E-state index contributed by atoms with van der Waals surface area (Å²) in [5.74, 6) is -0.530. The third-order valence-corrected chi connectivity index (χ3v) is 12.2. The molecule has 0 rings (SSSR count). The molecule has 1 amide bonds. The number of hydrogen-bond donors (Lipinski definition) is 3. The molecule has 64 heavy (non-hydrogen) atoms. The van der Waals surface area contributed by atoms with Crippen LogP contribution >= 0.6 is 7.82 Å². The lowest BCUT2D eigenvalue weighted by Gasteiger charge is -2.15. The number of aliphatic hydroxyl groups excluding tert-OH is 1. The predicted octanol–water partition coefficient (Wildman–Crippen LogP) is 15.6. The molecule has 9 nitrogen and oxygen atoms in total. The van der Waals surface area contributed by atoms with Crippen molar-refractivity contribution in [3.63, 3.8) is 0 Å². The van der Waals surface area contributed by atoms with Crippen molar-refractivity contribution in [1.82, 2.24) is 5.32 Å². The molecule has 2 atom stereocenters. The van der Waals surface area contributed by atoms with Gasteiger partial charge in [-0.2, -0.15) is 0 Å². The van der Waals surface area contributed by atoms with Crippen molar-refractivity contribution in [3.05, 3.63) is 60.8 Å². The van der Waals surface area contributed by atoms with Gasteiger partial charge in [0.05, 0.1) is 13.2 Å². The molecule has 372 valence electrons. The Labute approximate surface area is 393 Å². The Morgan fingerprint density at radius 3 is 1.34 bits per heavy atom. The number of amides is 1. The van der Waals surface area contributed by atoms with Crippen molar-refractivity contribution in [2.45, 2.75) is 245 Å². The van der Waals surface area contributed by atoms with Gasteiger partial charge in [0.1, 0.15) is 12.7 Å². The number of allylic oxidation sites excluding steroid dienone is 10. The van der Waals surface area contributed by atoms with E-state index >= 15 is 0 Å². The van der Waals surface area contributed by atoms with Gasteiger partial charge in [0.2, 0.25) is 5.91 Å². The maximum absolute atomic E-state index is 12.2. The predicted molar refractivity (Wildman–Crippen MR) is 270 cm³/mol. The molecule has 0 aromatic carbocycles. The van der Waals surface area contributed by atoms with Crippen molar-refractivity contribution >= 4 is 19.7 Å². The molecule has 0 bridgehead atoms. The highest BCUT2D eigenvalue weighted by atomic mass is 31.2. The molecule has 2 unspecified atom stereocenters. The average Bonchev–Trinajstić information content (AvgIpc) is 3.28. The summed E-state index contributed by atoms with van der Waals surface area (Å²) in [5, 5.41) is 12.8. The molecule has 10 heteroatoms. The Morgan fingerprint density at radius 1 is 0.500 bits per heavy atom. The summed E-state index contributed by atoms with van der Waals surface area (Å²) < 4.78 is 27.0. The van der Waals surface area contributed by atoms with E-state index in [2.05, 4.69) is 79.9 Å². The van der Waals surface area contributed by atoms with E-state index in [1.807, 2.05) is 0 Å². The van der Waals surface area contributed by atoms with Crippen LogP contribution in [-0.4, -0.2) is 54.3 Å². The highest BCUT2D eigenvalue weighted by Gasteiger charge is 2.23. The lowest BCUT2D eigenvalue weighted by molar-refractivity contribution is -0.147. The molecular formula is C54H98NO8P. The summed E-state index contributed by atoms with van der Waals surface area (Å²) in [4.78, 5) is 34.1. The zero-order valence-corrected chi connectivity index (χ0v) is 42.1. The molecular weight excluding hydrogens is 822 g/mol. The van der Waals surface area contributed by atoms with Crippen LogP contribution in [0.3, 0.4) is 0 Å². The smallest absolute Gasteiger partial charge is 0.463 e. The number of unbranched alkanes of at least 4 members (excludes halogenated alkanes) is 26. The number of nitrogens with one attached hydrogen (secondary N) is 1. The monoisotopic (exact) mass is 920 g/mol. The second-order valence-corrected chi connectivity index (χ2v) is 18.9. The number of aliphatic hydroxyl groups is 1. The van der Waals surface area contributed by atoms with E-state index in [9.17, 15) is 24.2 Å². The van der Waals surface area contributed by atoms with Crippen LogP contribution in [-0.2, 0) is 27.9 Å². The normalized spacial score (nSPS) is 13.6. The maximum Gasteiger partial charge on any atom is 0.472 e. The highest BCUT2D eigenvalue weighted by Crippen LogP contribution is 2.42. The first-order valence-electron chi connectivity index (χ1n) is 26.3. The molecule has 0 saturated heterocycles. The minimum atomic E-state index is -4.43. The Bertz CT molecular complexity index is 1230. The van der Waals surface area contributed by atoms with Gasteiger partial charge in [-0.05, 0) is 57.8 Å². The second kappa shape index (κ2) is 50.1. The van der Waals surface area contributed by atoms with E-state index in [1.165, 1.54) is 122 Å². The largest absolute Gasteiger partial charge is 0.472 e. The maximum atomic E-state index is 12.2. The Kier molecular flexibility index (Phi) is 48.3. The zero-order chi connectivity index (χ0) is 46.7. The van der Waals surface area contributed by atoms with E-state index in [0.717, 1.165) is 89.9 Å². The lowest BCUT2D eigenvalue weighted by Crippen LogP contribution is -2.27. The number of carbonyl (C=O) groups is 2. The molecule has 0 aliphatic carbocycles. The molecule has 0 spiro atoms. The third kappa shape index (κ3) is 50.7. The summed E-state index contributed by atoms with van der Waals surface area (Å²) in [5.41, 5.74) is 0. The Hall–Kier alpha value is -2.29. The van der Waals surface area contributed by atoms with Gasteiger partial charge in [0.15, 0.2) is 0 Å². The van der Waals surface area contributed by atoms with Crippen molar-refractivity contribution in [3.8, 4) is 0 Å². The van der Waals surface area contributed by atoms with Crippen molar-refractivity contribution in [2.24, 2.45) is 0 Å². The molecule has 0 aliphatic heterocycles. The number of carbonyl (C=O) groups excluding carboxylic acids is 2. The van der Waals surface area contributed by atoms with Gasteiger partial charge in [-0.25, -0.2) is 4.57 Å². The lowest BCUT2D eigenvalue weighted by atomic mass is 10.0. The number of phosphoric acid groups is 1. The summed E-state index contributed by atoms with van der Waals surface area (Å²) in [6.07, 6.45) is 61.6. The van der Waals surface area contributed by atoms with Gasteiger partial charge in [-0.1, -0.05) is 229 Å². The molecule has 0 aromatic rings. The van der Waals surface area contributed by atoms with Gasteiger partial charge in [0.25, 0.3) is 0 Å². The van der Waals surface area contributed by atoms with Crippen molar-refractivity contribution < 1.29 is 37.9 Å². The molecule has 0 aromatic heterocycles. The standard InChI is InChI=1S/C54H98NO8P/c1-3-5-7-9-11-13-15-17-19-21-23-25-27-29-31-33-35-37-39-41-43-45-47-54(58)61-50-52(56)51-63-64(59,60)62-49-48-55-53(57)46-44-42-40-38-36-34-32-30-28-26-24-22-20-18-16-14-12-10-8-6-4-2/h6,8,12,14,18,20,24,26,30,32,52,56H,3-5,7,9-11,13,15-17,19,21-23,25,27-29,31,33-51H2,1-2H3,(H,55,57)(H,59,60)/b8-6-,14-12-,20-18-,26-24-,32-30-. The SMILES string of the molecule is CC/C=C\C/C=C\C/C=C\C/C=C\C/C=C\CCCCCCCC(=O)NCCOP(=O)(O)OCC(O)COC(=O)CCCCCCCCCCCCCCCCCCCCCCCC. The number of esters is 1. The summed E-state index contributed by atoms with van der Waals surface area (Å²) in [6, 6.07) is 0. The van der Waals surface area contributed by atoms with Crippen LogP contribution in [0.5, 0.6) is 0 Å². The Balaban J connectivity index is 3.57. The fourth-order valence-electron chi connectivity index (χ4n) is 7.29. The van der Waals surface area contributed by atoms with E-state index in [4.69, 9.17) is 13.8 Å². The number of rotatable bonds is 49.